The second-order valence-electron chi connectivity index (χ2n) is 1.63. The minimum absolute atomic E-state index is 0.302. The molecule has 50 valence electrons. The topological polar surface area (TPSA) is 47.3 Å². The van der Waals surface area contributed by atoms with Crippen LogP contribution < -0.4 is 0 Å². The molecule has 0 aromatic carbocycles. The first-order chi connectivity index (χ1) is 4.43. The van der Waals surface area contributed by atoms with Gasteiger partial charge in [0.2, 0.25) is 0 Å². The van der Waals surface area contributed by atoms with Crippen molar-refractivity contribution in [1.82, 2.24) is 9.55 Å². The Bertz CT molecular complexity index is 150. The normalized spacial score (nSPS) is 9.89. The Morgan fingerprint density at radius 1 is 1.67 bits per heavy atom. The maximum absolute atomic E-state index is 7.93. The molecular formula is C5H8N2O2. The van der Waals surface area contributed by atoms with Crippen molar-refractivity contribution in [2.24, 2.45) is 0 Å². The summed E-state index contributed by atoms with van der Waals surface area (Å²) < 4.78 is 1.82. The van der Waals surface area contributed by atoms with E-state index in [0.717, 1.165) is 0 Å². The van der Waals surface area contributed by atoms with Crippen LogP contribution in [0.3, 0.4) is 0 Å². The van der Waals surface area contributed by atoms with Crippen molar-refractivity contribution < 1.29 is 10.1 Å². The summed E-state index contributed by atoms with van der Waals surface area (Å²) in [5.74, 6) is 0. The van der Waals surface area contributed by atoms with Gasteiger partial charge in [-0.05, 0) is 0 Å². The van der Waals surface area contributed by atoms with Gasteiger partial charge in [0.05, 0.1) is 19.5 Å². The van der Waals surface area contributed by atoms with E-state index in [0.29, 0.717) is 13.2 Å². The van der Waals surface area contributed by atoms with Crippen molar-refractivity contribution in [3.05, 3.63) is 18.7 Å². The highest BCUT2D eigenvalue weighted by atomic mass is 17.1. The van der Waals surface area contributed by atoms with Crippen LogP contribution in [0.15, 0.2) is 18.7 Å². The highest BCUT2D eigenvalue weighted by Crippen LogP contribution is 1.84. The maximum atomic E-state index is 7.93. The summed E-state index contributed by atoms with van der Waals surface area (Å²) in [6, 6.07) is 0. The van der Waals surface area contributed by atoms with Gasteiger partial charge in [-0.1, -0.05) is 0 Å². The summed E-state index contributed by atoms with van der Waals surface area (Å²) in [6.45, 7) is 0.937. The first-order valence-corrected chi connectivity index (χ1v) is 2.65. The highest BCUT2D eigenvalue weighted by Gasteiger charge is 1.86. The van der Waals surface area contributed by atoms with Crippen LogP contribution >= 0.6 is 0 Å². The molecule has 4 nitrogen and oxygen atoms in total. The minimum atomic E-state index is 0.302. The molecule has 0 saturated carbocycles. The lowest BCUT2D eigenvalue weighted by Crippen LogP contribution is -2.00. The van der Waals surface area contributed by atoms with Crippen LogP contribution in [0.2, 0.25) is 0 Å². The molecule has 1 aromatic heterocycles. The zero-order valence-corrected chi connectivity index (χ0v) is 4.90. The maximum Gasteiger partial charge on any atom is 0.0999 e. The zero-order valence-electron chi connectivity index (χ0n) is 4.90. The molecule has 1 heterocycles. The van der Waals surface area contributed by atoms with Gasteiger partial charge in [-0.25, -0.2) is 9.87 Å². The molecule has 0 unspecified atom stereocenters. The molecular weight excluding hydrogens is 120 g/mol. The predicted octanol–water partition coefficient (Wildman–Crippen LogP) is 0.373. The van der Waals surface area contributed by atoms with E-state index >= 15 is 0 Å². The average Bonchev–Trinajstić information content (AvgIpc) is 2.34. The largest absolute Gasteiger partial charge is 0.335 e. The van der Waals surface area contributed by atoms with Gasteiger partial charge in [0, 0.05) is 12.4 Å². The number of nitrogens with zero attached hydrogens (tertiary/aromatic N) is 2. The molecule has 1 aromatic rings. The van der Waals surface area contributed by atoms with Crippen LogP contribution in [0.1, 0.15) is 0 Å². The fraction of sp³-hybridized carbons (Fsp3) is 0.400. The number of aromatic nitrogens is 2. The average molecular weight is 128 g/mol. The number of rotatable bonds is 3. The van der Waals surface area contributed by atoms with Crippen molar-refractivity contribution in [2.75, 3.05) is 6.61 Å². The summed E-state index contributed by atoms with van der Waals surface area (Å²) in [5, 5.41) is 7.93. The quantitative estimate of drug-likeness (QED) is 0.472. The van der Waals surface area contributed by atoms with Crippen molar-refractivity contribution in [1.29, 1.82) is 0 Å². The first kappa shape index (κ1) is 6.25. The third-order valence-electron chi connectivity index (χ3n) is 1.000. The van der Waals surface area contributed by atoms with Crippen LogP contribution in [0.4, 0.5) is 0 Å². The molecule has 0 fully saturated rings. The van der Waals surface area contributed by atoms with E-state index in [2.05, 4.69) is 9.87 Å². The molecule has 0 atom stereocenters. The molecule has 1 N–H and O–H groups in total. The molecule has 0 saturated heterocycles. The lowest BCUT2D eigenvalue weighted by atomic mass is 10.7. The second-order valence-corrected chi connectivity index (χ2v) is 1.63. The van der Waals surface area contributed by atoms with Crippen LogP contribution in [0, 0.1) is 0 Å². The Morgan fingerprint density at radius 3 is 3.11 bits per heavy atom. The number of imidazole rings is 1. The molecule has 9 heavy (non-hydrogen) atoms. The predicted molar refractivity (Wildman–Crippen MR) is 30.8 cm³/mol. The fourth-order valence-electron chi connectivity index (χ4n) is 0.565. The standard InChI is InChI=1S/C5H8N2O2/c8-9-4-3-7-2-1-6-5-7/h1-2,5,8H,3-4H2. The van der Waals surface area contributed by atoms with E-state index in [1.807, 2.05) is 4.57 Å². The number of hydrogen-bond acceptors (Lipinski definition) is 3. The third-order valence-corrected chi connectivity index (χ3v) is 1.000. The summed E-state index contributed by atoms with van der Waals surface area (Å²) in [4.78, 5) is 7.67. The first-order valence-electron chi connectivity index (χ1n) is 2.65. The molecule has 0 aliphatic rings. The molecule has 0 radical (unpaired) electrons. The molecule has 4 heteroatoms. The second kappa shape index (κ2) is 3.21. The van der Waals surface area contributed by atoms with Crippen LogP contribution in [0.5, 0.6) is 0 Å². The van der Waals surface area contributed by atoms with E-state index in [-0.39, 0.29) is 0 Å². The summed E-state index contributed by atoms with van der Waals surface area (Å²) >= 11 is 0. The smallest absolute Gasteiger partial charge is 0.0999 e. The van der Waals surface area contributed by atoms with E-state index in [1.54, 1.807) is 18.7 Å². The van der Waals surface area contributed by atoms with Gasteiger partial charge >= 0.3 is 0 Å². The van der Waals surface area contributed by atoms with Gasteiger partial charge in [-0.15, -0.1) is 0 Å². The summed E-state index contributed by atoms with van der Waals surface area (Å²) in [5.41, 5.74) is 0. The van der Waals surface area contributed by atoms with Crippen LogP contribution in [-0.2, 0) is 11.4 Å². The molecule has 0 aliphatic carbocycles. The Morgan fingerprint density at radius 2 is 2.56 bits per heavy atom. The zero-order chi connectivity index (χ0) is 6.53. The van der Waals surface area contributed by atoms with Gasteiger partial charge in [0.15, 0.2) is 0 Å². The highest BCUT2D eigenvalue weighted by molar-refractivity contribution is 4.73. The van der Waals surface area contributed by atoms with Crippen molar-refractivity contribution in [3.63, 3.8) is 0 Å². The Labute approximate surface area is 52.6 Å². The van der Waals surface area contributed by atoms with Gasteiger partial charge in [-0.3, -0.25) is 5.26 Å². The molecule has 0 spiro atoms. The number of hydrogen-bond donors (Lipinski definition) is 1. The molecule has 0 bridgehead atoms. The monoisotopic (exact) mass is 128 g/mol. The van der Waals surface area contributed by atoms with E-state index < -0.39 is 0 Å². The molecule has 0 amide bonds. The van der Waals surface area contributed by atoms with E-state index in [1.165, 1.54) is 0 Å². The molecule has 0 aliphatic heterocycles. The third kappa shape index (κ3) is 1.83. The summed E-state index contributed by atoms with van der Waals surface area (Å²) in [7, 11) is 0. The van der Waals surface area contributed by atoms with Crippen LogP contribution in [0.25, 0.3) is 0 Å². The van der Waals surface area contributed by atoms with Crippen LogP contribution in [-0.4, -0.2) is 21.4 Å². The lowest BCUT2D eigenvalue weighted by Gasteiger charge is -1.96. The Balaban J connectivity index is 2.30. The molecule has 1 rings (SSSR count). The van der Waals surface area contributed by atoms with Gasteiger partial charge in [0.25, 0.3) is 0 Å². The Hall–Kier alpha value is -0.870. The van der Waals surface area contributed by atoms with Gasteiger partial charge in [-0.2, -0.15) is 0 Å². The van der Waals surface area contributed by atoms with Crippen molar-refractivity contribution in [2.45, 2.75) is 6.54 Å². The van der Waals surface area contributed by atoms with E-state index in [9.17, 15) is 0 Å². The fourth-order valence-corrected chi connectivity index (χ4v) is 0.565. The summed E-state index contributed by atoms with van der Waals surface area (Å²) in [6.07, 6.45) is 5.15. The SMILES string of the molecule is OOCCn1ccnc1. The van der Waals surface area contributed by atoms with E-state index in [4.69, 9.17) is 5.26 Å². The lowest BCUT2D eigenvalue weighted by molar-refractivity contribution is -0.243. The van der Waals surface area contributed by atoms with Crippen molar-refractivity contribution >= 4 is 0 Å². The minimum Gasteiger partial charge on any atom is -0.335 e. The van der Waals surface area contributed by atoms with Gasteiger partial charge < -0.3 is 4.57 Å². The van der Waals surface area contributed by atoms with Gasteiger partial charge in [0.1, 0.15) is 0 Å². The van der Waals surface area contributed by atoms with Crippen molar-refractivity contribution in [3.8, 4) is 0 Å². The Kier molecular flexibility index (Phi) is 2.23.